The number of carbonyl (C=O) groups is 1. The molecule has 0 fully saturated rings. The van der Waals surface area contributed by atoms with Crippen molar-refractivity contribution in [3.05, 3.63) is 12.3 Å². The summed E-state index contributed by atoms with van der Waals surface area (Å²) in [7, 11) is 1.65. The third-order valence-electron chi connectivity index (χ3n) is 0.463. The molecule has 3 heteroatoms. The van der Waals surface area contributed by atoms with Gasteiger partial charge in [0.25, 0.3) is 0 Å². The Kier molecular flexibility index (Phi) is 2.21. The van der Waals surface area contributed by atoms with Gasteiger partial charge >= 0.3 is 0 Å². The number of hydrogen-bond donors (Lipinski definition) is 1. The quantitative estimate of drug-likeness (QED) is 0.259. The maximum atomic E-state index is 9.57. The molecule has 0 aromatic carbocycles. The Morgan fingerprint density at radius 1 is 2.00 bits per heavy atom. The molecular weight excluding hydrogens is 76.9 g/mol. The maximum absolute atomic E-state index is 9.57. The average molecular weight is 82.9 g/mol. The molecule has 0 rings (SSSR count). The van der Waals surface area contributed by atoms with Crippen LogP contribution in [0.3, 0.4) is 0 Å². The standard InChI is InChI=1S/C3H6BNO/c1-3(2-6)5-4/h2,5H,1,4H2. The first kappa shape index (κ1) is 5.27. The summed E-state index contributed by atoms with van der Waals surface area (Å²) >= 11 is 0. The van der Waals surface area contributed by atoms with Gasteiger partial charge in [0.15, 0.2) is 6.29 Å². The minimum Gasteiger partial charge on any atom is -0.432 e. The van der Waals surface area contributed by atoms with Gasteiger partial charge in [-0.15, -0.1) is 0 Å². The van der Waals surface area contributed by atoms with Crippen LogP contribution in [0.4, 0.5) is 0 Å². The molecule has 0 spiro atoms. The molecule has 0 aliphatic carbocycles. The average Bonchev–Trinajstić information content (AvgIpc) is 1.65. The molecule has 0 unspecified atom stereocenters. The molecule has 32 valence electrons. The van der Waals surface area contributed by atoms with E-state index in [4.69, 9.17) is 0 Å². The van der Waals surface area contributed by atoms with Gasteiger partial charge in [-0.2, -0.15) is 0 Å². The predicted molar refractivity (Wildman–Crippen MR) is 26.9 cm³/mol. The van der Waals surface area contributed by atoms with Crippen LogP contribution in [0.25, 0.3) is 0 Å². The largest absolute Gasteiger partial charge is 0.432 e. The topological polar surface area (TPSA) is 29.1 Å². The third kappa shape index (κ3) is 1.58. The van der Waals surface area contributed by atoms with Crippen molar-refractivity contribution in [3.63, 3.8) is 0 Å². The fourth-order valence-electron chi connectivity index (χ4n) is 0.0589. The number of allylic oxidation sites excluding steroid dienone is 1. The van der Waals surface area contributed by atoms with Gasteiger partial charge in [0, 0.05) is 0 Å². The molecule has 0 bridgehead atoms. The molecule has 0 atom stereocenters. The summed E-state index contributed by atoms with van der Waals surface area (Å²) < 4.78 is 0. The normalized spacial score (nSPS) is 6.67. The number of hydrogen-bond acceptors (Lipinski definition) is 2. The minimum atomic E-state index is 0.412. The van der Waals surface area contributed by atoms with Crippen LogP contribution >= 0.6 is 0 Å². The minimum absolute atomic E-state index is 0.412. The van der Waals surface area contributed by atoms with E-state index in [1.54, 1.807) is 7.98 Å². The van der Waals surface area contributed by atoms with Crippen LogP contribution < -0.4 is 5.23 Å². The van der Waals surface area contributed by atoms with Crippen molar-refractivity contribution in [1.82, 2.24) is 5.23 Å². The molecule has 0 amide bonds. The maximum Gasteiger partial charge on any atom is 0.214 e. The molecule has 0 heterocycles. The van der Waals surface area contributed by atoms with E-state index >= 15 is 0 Å². The van der Waals surface area contributed by atoms with Crippen LogP contribution in [-0.2, 0) is 4.79 Å². The van der Waals surface area contributed by atoms with Crippen molar-refractivity contribution in [2.24, 2.45) is 0 Å². The summed E-state index contributed by atoms with van der Waals surface area (Å²) in [6.07, 6.45) is 0.667. The predicted octanol–water partition coefficient (Wildman–Crippen LogP) is -1.16. The molecule has 0 aromatic rings. The van der Waals surface area contributed by atoms with Crippen molar-refractivity contribution in [3.8, 4) is 0 Å². The third-order valence-corrected chi connectivity index (χ3v) is 0.463. The summed E-state index contributed by atoms with van der Waals surface area (Å²) in [5.41, 5.74) is 0.412. The Balaban J connectivity index is 3.23. The highest BCUT2D eigenvalue weighted by molar-refractivity contribution is 6.07. The lowest BCUT2D eigenvalue weighted by atomic mass is 10.4. The number of aldehydes is 1. The van der Waals surface area contributed by atoms with Crippen molar-refractivity contribution in [2.75, 3.05) is 0 Å². The van der Waals surface area contributed by atoms with E-state index in [1.165, 1.54) is 0 Å². The van der Waals surface area contributed by atoms with Gasteiger partial charge in [-0.25, -0.2) is 0 Å². The van der Waals surface area contributed by atoms with E-state index < -0.39 is 0 Å². The zero-order chi connectivity index (χ0) is 4.99. The Bertz CT molecular complexity index is 71.2. The van der Waals surface area contributed by atoms with Crippen LogP contribution in [0.2, 0.25) is 0 Å². The summed E-state index contributed by atoms with van der Waals surface area (Å²) in [6.45, 7) is 3.31. The molecule has 0 aliphatic heterocycles. The molecule has 0 saturated heterocycles. The van der Waals surface area contributed by atoms with Gasteiger partial charge < -0.3 is 5.23 Å². The van der Waals surface area contributed by atoms with Gasteiger partial charge in [0.1, 0.15) is 0 Å². The first-order chi connectivity index (χ1) is 2.81. The van der Waals surface area contributed by atoms with E-state index in [0.717, 1.165) is 0 Å². The van der Waals surface area contributed by atoms with Crippen LogP contribution in [-0.4, -0.2) is 14.3 Å². The van der Waals surface area contributed by atoms with Crippen molar-refractivity contribution in [2.45, 2.75) is 0 Å². The molecule has 0 saturated carbocycles. The Morgan fingerprint density at radius 2 is 2.50 bits per heavy atom. The highest BCUT2D eigenvalue weighted by Gasteiger charge is 1.74. The van der Waals surface area contributed by atoms with Crippen molar-refractivity contribution in [1.29, 1.82) is 0 Å². The van der Waals surface area contributed by atoms with Gasteiger partial charge in [0.2, 0.25) is 7.98 Å². The smallest absolute Gasteiger partial charge is 0.214 e. The van der Waals surface area contributed by atoms with E-state index in [-0.39, 0.29) is 0 Å². The number of rotatable bonds is 2. The zero-order valence-electron chi connectivity index (χ0n) is 3.69. The van der Waals surface area contributed by atoms with E-state index in [1.807, 2.05) is 0 Å². The first-order valence-electron chi connectivity index (χ1n) is 1.63. The van der Waals surface area contributed by atoms with Crippen molar-refractivity contribution >= 4 is 14.3 Å². The van der Waals surface area contributed by atoms with Crippen LogP contribution in [0.5, 0.6) is 0 Å². The van der Waals surface area contributed by atoms with Gasteiger partial charge in [-0.3, -0.25) is 4.79 Å². The second-order valence-electron chi connectivity index (χ2n) is 0.893. The molecule has 6 heavy (non-hydrogen) atoms. The van der Waals surface area contributed by atoms with Crippen LogP contribution in [0.15, 0.2) is 12.3 Å². The molecule has 0 aliphatic rings. The fraction of sp³-hybridized carbons (Fsp3) is 0. The summed E-state index contributed by atoms with van der Waals surface area (Å²) in [6, 6.07) is 0. The van der Waals surface area contributed by atoms with Gasteiger partial charge in [-0.05, 0) is 0 Å². The van der Waals surface area contributed by atoms with Gasteiger partial charge in [0.05, 0.1) is 5.70 Å². The fourth-order valence-corrected chi connectivity index (χ4v) is 0.0589. The highest BCUT2D eigenvalue weighted by atomic mass is 16.1. The second kappa shape index (κ2) is 2.51. The number of carbonyl (C=O) groups excluding carboxylic acids is 1. The monoisotopic (exact) mass is 83.1 g/mol. The summed E-state index contributed by atoms with van der Waals surface area (Å²) in [5.74, 6) is 0. The molecule has 0 radical (unpaired) electrons. The lowest BCUT2D eigenvalue weighted by molar-refractivity contribution is -0.105. The molecule has 0 aromatic heterocycles. The summed E-state index contributed by atoms with van der Waals surface area (Å²) in [4.78, 5) is 9.57. The second-order valence-corrected chi connectivity index (χ2v) is 0.893. The number of nitrogens with one attached hydrogen (secondary N) is 1. The van der Waals surface area contributed by atoms with E-state index in [0.29, 0.717) is 12.0 Å². The molecular formula is C3H6BNO. The van der Waals surface area contributed by atoms with Crippen molar-refractivity contribution < 1.29 is 4.79 Å². The van der Waals surface area contributed by atoms with Crippen LogP contribution in [0, 0.1) is 0 Å². The Labute approximate surface area is 37.7 Å². The Hall–Kier alpha value is -0.725. The molecule has 2 nitrogen and oxygen atoms in total. The molecule has 1 N–H and O–H groups in total. The van der Waals surface area contributed by atoms with Gasteiger partial charge in [-0.1, -0.05) is 6.58 Å². The van der Waals surface area contributed by atoms with Crippen LogP contribution in [0.1, 0.15) is 0 Å². The van der Waals surface area contributed by atoms with E-state index in [9.17, 15) is 4.79 Å². The highest BCUT2D eigenvalue weighted by Crippen LogP contribution is 1.64. The SMILES string of the molecule is BNC(=C)C=O. The zero-order valence-corrected chi connectivity index (χ0v) is 3.69. The lowest BCUT2D eigenvalue weighted by Gasteiger charge is -1.86. The van der Waals surface area contributed by atoms with E-state index in [2.05, 4.69) is 11.8 Å². The Morgan fingerprint density at radius 3 is 2.50 bits per heavy atom. The first-order valence-corrected chi connectivity index (χ1v) is 1.63. The summed E-state index contributed by atoms with van der Waals surface area (Å²) in [5, 5.41) is 2.55. The lowest BCUT2D eigenvalue weighted by Crippen LogP contribution is -2.06.